The normalized spacial score (nSPS) is 23.8. The maximum absolute atomic E-state index is 15.0. The number of benzene rings is 1. The Morgan fingerprint density at radius 1 is 0.966 bits per heavy atom. The minimum absolute atomic E-state index is 0.0273. The fourth-order valence-electron chi connectivity index (χ4n) is 8.35. The first-order valence-corrected chi connectivity index (χ1v) is 21.8. The summed E-state index contributed by atoms with van der Waals surface area (Å²) >= 11 is 0.258. The van der Waals surface area contributed by atoms with Crippen molar-refractivity contribution in [1.29, 1.82) is 0 Å². The number of amides is 3. The molecule has 0 unspecified atom stereocenters. The first-order valence-electron chi connectivity index (χ1n) is 19.1. The molecule has 0 spiro atoms. The Morgan fingerprint density at radius 3 is 2.32 bits per heavy atom. The van der Waals surface area contributed by atoms with Gasteiger partial charge < -0.3 is 24.4 Å². The number of ether oxygens (including phenoxy) is 2. The van der Waals surface area contributed by atoms with E-state index in [0.717, 1.165) is 41.6 Å². The molecule has 20 heteroatoms. The van der Waals surface area contributed by atoms with Gasteiger partial charge in [-0.3, -0.25) is 24.1 Å². The number of hydrogen-bond acceptors (Lipinski definition) is 10. The van der Waals surface area contributed by atoms with Crippen molar-refractivity contribution < 1.29 is 63.7 Å². The van der Waals surface area contributed by atoms with Gasteiger partial charge in [-0.15, -0.1) is 0 Å². The smallest absolute Gasteiger partial charge is 0.425 e. The molecule has 3 amide bonds. The highest BCUT2D eigenvalue weighted by Gasteiger charge is 2.57. The lowest BCUT2D eigenvalue weighted by atomic mass is 9.78. The number of hydrogen-bond donors (Lipinski definition) is 2. The van der Waals surface area contributed by atoms with E-state index in [4.69, 9.17) is 9.47 Å². The lowest BCUT2D eigenvalue weighted by Gasteiger charge is -2.51. The van der Waals surface area contributed by atoms with E-state index in [9.17, 15) is 54.3 Å². The summed E-state index contributed by atoms with van der Waals surface area (Å²) in [5.41, 5.74) is -5.30. The van der Waals surface area contributed by atoms with Crippen LogP contribution in [0.5, 0.6) is 10.8 Å². The van der Waals surface area contributed by atoms with E-state index in [1.807, 2.05) is 4.72 Å². The van der Waals surface area contributed by atoms with Crippen LogP contribution in [0.4, 0.5) is 26.3 Å². The Balaban J connectivity index is 1.27. The SMILES string of the molecule is CCC[C@H]1N(C(=O)c2ncccc2C(F)(F)F)CCC[C@@]1(Oc1ccc(C(F)(F)F)s1)C(=O)N1CCC(O)(c2ccccc2O[C@@H]2CC[C@@H](C(=O)NS(C)(=O)=O)C2)CC1. The average Bonchev–Trinajstić information content (AvgIpc) is 3.85. The van der Waals surface area contributed by atoms with Crippen molar-refractivity contribution in [2.45, 2.75) is 100 Å². The van der Waals surface area contributed by atoms with E-state index < -0.39 is 85.5 Å². The predicted molar refractivity (Wildman–Crippen MR) is 202 cm³/mol. The Morgan fingerprint density at radius 2 is 1.68 bits per heavy atom. The standard InChI is InChI=1S/C39H44F6N4O8S2/c1-3-8-29-37(57-31-15-14-30(58-31)39(43,44)45,16-7-20-49(29)34(51)32-27(38(40,41)42)10-6-19-46-32)35(52)48-21-17-36(53,18-22-48)26-9-4-5-11-28(26)56-25-13-12-24(23-25)33(50)47-59(2,54)55/h4-6,9-11,14-15,19,24-25,29,53H,3,7-8,12-13,16-18,20-23H2,1-2H3,(H,47,50)/t24-,25-,29-,37+/m1/s1. The number of para-hydroxylation sites is 1. The van der Waals surface area contributed by atoms with Crippen LogP contribution in [0.2, 0.25) is 0 Å². The number of carbonyl (C=O) groups excluding carboxylic acids is 3. The second-order valence-corrected chi connectivity index (χ2v) is 18.0. The molecule has 1 aromatic carbocycles. The molecule has 4 atom stereocenters. The summed E-state index contributed by atoms with van der Waals surface area (Å²) < 4.78 is 121. The number of aliphatic hydroxyl groups is 1. The highest BCUT2D eigenvalue weighted by Crippen LogP contribution is 2.45. The number of nitrogens with zero attached hydrogens (tertiary/aromatic N) is 3. The summed E-state index contributed by atoms with van der Waals surface area (Å²) in [6.07, 6.45) is -6.82. The van der Waals surface area contributed by atoms with Gasteiger partial charge in [-0.2, -0.15) is 26.3 Å². The molecule has 2 N–H and O–H groups in total. The Labute approximate surface area is 340 Å². The van der Waals surface area contributed by atoms with Crippen molar-refractivity contribution in [1.82, 2.24) is 19.5 Å². The van der Waals surface area contributed by atoms with Gasteiger partial charge >= 0.3 is 12.4 Å². The lowest BCUT2D eigenvalue weighted by molar-refractivity contribution is -0.163. The number of alkyl halides is 6. The molecule has 2 aliphatic heterocycles. The predicted octanol–water partition coefficient (Wildman–Crippen LogP) is 6.54. The van der Waals surface area contributed by atoms with Crippen LogP contribution in [-0.4, -0.2) is 89.7 Å². The summed E-state index contributed by atoms with van der Waals surface area (Å²) in [4.78, 5) is 46.8. The molecule has 1 saturated carbocycles. The topological polar surface area (TPSA) is 155 Å². The largest absolute Gasteiger partial charge is 0.490 e. The summed E-state index contributed by atoms with van der Waals surface area (Å²) in [5.74, 6) is -2.68. The van der Waals surface area contributed by atoms with Crippen LogP contribution in [0.15, 0.2) is 54.7 Å². The van der Waals surface area contributed by atoms with E-state index in [1.54, 1.807) is 31.2 Å². The van der Waals surface area contributed by atoms with Gasteiger partial charge in [-0.05, 0) is 75.3 Å². The van der Waals surface area contributed by atoms with Gasteiger partial charge in [0.1, 0.15) is 16.3 Å². The maximum atomic E-state index is 15.0. The number of carbonyl (C=O) groups is 3. The van der Waals surface area contributed by atoms with Crippen molar-refractivity contribution in [3.8, 4) is 10.8 Å². The number of nitrogens with one attached hydrogen (secondary N) is 1. The molecule has 2 saturated heterocycles. The van der Waals surface area contributed by atoms with Crippen LogP contribution in [0.3, 0.4) is 0 Å². The van der Waals surface area contributed by atoms with Crippen molar-refractivity contribution >= 4 is 39.1 Å². The van der Waals surface area contributed by atoms with Crippen LogP contribution < -0.4 is 14.2 Å². The molecule has 1 aliphatic carbocycles. The molecule has 3 aliphatic rings. The molecular formula is C39H44F6N4O8S2. The molecule has 6 rings (SSSR count). The third-order valence-corrected chi connectivity index (χ3v) is 12.7. The van der Waals surface area contributed by atoms with Gasteiger partial charge in [0.25, 0.3) is 11.8 Å². The zero-order chi connectivity index (χ0) is 43.0. The van der Waals surface area contributed by atoms with E-state index in [1.165, 1.54) is 4.90 Å². The zero-order valence-corrected chi connectivity index (χ0v) is 33.8. The second kappa shape index (κ2) is 16.9. The van der Waals surface area contributed by atoms with Gasteiger partial charge in [0.15, 0.2) is 5.06 Å². The minimum atomic E-state index is -4.94. The van der Waals surface area contributed by atoms with E-state index >= 15 is 0 Å². The molecule has 59 heavy (non-hydrogen) atoms. The van der Waals surface area contributed by atoms with Gasteiger partial charge in [-0.25, -0.2) is 8.42 Å². The molecule has 2 aromatic heterocycles. The van der Waals surface area contributed by atoms with Crippen LogP contribution in [0.25, 0.3) is 0 Å². The third-order valence-electron chi connectivity index (χ3n) is 11.1. The maximum Gasteiger partial charge on any atom is 0.425 e. The van der Waals surface area contributed by atoms with Crippen molar-refractivity contribution in [3.63, 3.8) is 0 Å². The fourth-order valence-corrected chi connectivity index (χ4v) is 9.68. The number of thiophene rings is 1. The van der Waals surface area contributed by atoms with Gasteiger partial charge in [0.05, 0.1) is 29.6 Å². The van der Waals surface area contributed by atoms with Gasteiger partial charge in [0, 0.05) is 43.7 Å². The van der Waals surface area contributed by atoms with Crippen molar-refractivity contribution in [3.05, 3.63) is 76.4 Å². The van der Waals surface area contributed by atoms with E-state index in [2.05, 4.69) is 4.98 Å². The molecule has 3 fully saturated rings. The summed E-state index contributed by atoms with van der Waals surface area (Å²) in [7, 11) is -3.75. The highest BCUT2D eigenvalue weighted by molar-refractivity contribution is 7.89. The number of pyridine rings is 1. The monoisotopic (exact) mass is 874 g/mol. The molecular weight excluding hydrogens is 831 g/mol. The van der Waals surface area contributed by atoms with E-state index in [0.29, 0.717) is 30.6 Å². The van der Waals surface area contributed by atoms with Crippen LogP contribution in [0.1, 0.15) is 91.2 Å². The molecule has 3 aromatic rings. The minimum Gasteiger partial charge on any atom is -0.490 e. The Hall–Kier alpha value is -4.43. The quantitative estimate of drug-likeness (QED) is 0.205. The molecule has 322 valence electrons. The Bertz CT molecular complexity index is 2140. The third kappa shape index (κ3) is 9.64. The van der Waals surface area contributed by atoms with Gasteiger partial charge in [0.2, 0.25) is 21.5 Å². The highest BCUT2D eigenvalue weighted by atomic mass is 32.2. The first-order chi connectivity index (χ1) is 27.6. The number of halogens is 6. The number of sulfonamides is 1. The molecule has 0 bridgehead atoms. The number of piperidine rings is 2. The zero-order valence-electron chi connectivity index (χ0n) is 32.1. The lowest BCUT2D eigenvalue weighted by Crippen LogP contribution is -2.68. The second-order valence-electron chi connectivity index (χ2n) is 15.2. The van der Waals surface area contributed by atoms with Crippen LogP contribution >= 0.6 is 11.3 Å². The van der Waals surface area contributed by atoms with Crippen LogP contribution in [-0.2, 0) is 37.6 Å². The van der Waals surface area contributed by atoms with Crippen molar-refractivity contribution in [2.75, 3.05) is 25.9 Å². The average molecular weight is 875 g/mol. The fraction of sp³-hybridized carbons (Fsp3) is 0.538. The molecule has 4 heterocycles. The molecule has 0 radical (unpaired) electrons. The van der Waals surface area contributed by atoms with Crippen molar-refractivity contribution in [2.24, 2.45) is 5.92 Å². The number of rotatable bonds is 11. The summed E-state index contributed by atoms with van der Waals surface area (Å²) in [5, 5.41) is 11.8. The Kier molecular flexibility index (Phi) is 12.6. The first kappa shape index (κ1) is 44.1. The number of likely N-dealkylation sites (tertiary alicyclic amines) is 2. The summed E-state index contributed by atoms with van der Waals surface area (Å²) in [6.45, 7) is 1.51. The van der Waals surface area contributed by atoms with Gasteiger partial charge in [-0.1, -0.05) is 42.9 Å². The molecule has 12 nitrogen and oxygen atoms in total. The van der Waals surface area contributed by atoms with E-state index in [-0.39, 0.29) is 74.6 Å². The summed E-state index contributed by atoms with van der Waals surface area (Å²) in [6, 6.07) is 9.15. The van der Waals surface area contributed by atoms with Crippen LogP contribution in [0, 0.1) is 5.92 Å². The number of aromatic nitrogens is 1.